The number of hydrogen-bond acceptors (Lipinski definition) is 4. The maximum atomic E-state index is 11.9. The largest absolute Gasteiger partial charge is 0.397 e. The molecule has 1 aromatic carbocycles. The van der Waals surface area contributed by atoms with Crippen molar-refractivity contribution in [3.05, 3.63) is 23.2 Å². The van der Waals surface area contributed by atoms with Gasteiger partial charge in [-0.25, -0.2) is 0 Å². The molecule has 6 heteroatoms. The number of rotatable bonds is 7. The minimum Gasteiger partial charge on any atom is -0.397 e. The maximum absolute atomic E-state index is 11.9. The molecule has 0 spiro atoms. The van der Waals surface area contributed by atoms with Crippen molar-refractivity contribution < 1.29 is 14.3 Å². The zero-order chi connectivity index (χ0) is 15.1. The van der Waals surface area contributed by atoms with E-state index in [1.54, 1.807) is 25.1 Å². The number of ether oxygens (including phenoxy) is 2. The van der Waals surface area contributed by atoms with Gasteiger partial charge in [-0.2, -0.15) is 0 Å². The van der Waals surface area contributed by atoms with Gasteiger partial charge in [0.1, 0.15) is 6.10 Å². The van der Waals surface area contributed by atoms with Crippen molar-refractivity contribution in [3.63, 3.8) is 0 Å². The lowest BCUT2D eigenvalue weighted by Gasteiger charge is -2.14. The summed E-state index contributed by atoms with van der Waals surface area (Å²) in [5.41, 5.74) is 6.68. The van der Waals surface area contributed by atoms with E-state index in [1.165, 1.54) is 0 Å². The van der Waals surface area contributed by atoms with Crippen LogP contribution < -0.4 is 11.1 Å². The minimum atomic E-state index is -0.567. The maximum Gasteiger partial charge on any atom is 0.253 e. The average molecular weight is 301 g/mol. The Balaban J connectivity index is 2.39. The first-order valence-corrected chi connectivity index (χ1v) is 6.87. The van der Waals surface area contributed by atoms with Crippen LogP contribution in [0.15, 0.2) is 18.2 Å². The summed E-state index contributed by atoms with van der Waals surface area (Å²) < 4.78 is 10.7. The Hall–Kier alpha value is -1.30. The van der Waals surface area contributed by atoms with Crippen LogP contribution in [0.5, 0.6) is 0 Å². The van der Waals surface area contributed by atoms with Crippen molar-refractivity contribution in [1.29, 1.82) is 0 Å². The molecule has 3 N–H and O–H groups in total. The first kappa shape index (κ1) is 16.8. The Labute approximate surface area is 124 Å². The Morgan fingerprint density at radius 3 is 2.55 bits per heavy atom. The van der Waals surface area contributed by atoms with E-state index in [2.05, 4.69) is 5.32 Å². The van der Waals surface area contributed by atoms with Gasteiger partial charge in [-0.05, 0) is 39.0 Å². The molecule has 1 aromatic rings. The van der Waals surface area contributed by atoms with Crippen LogP contribution in [0.3, 0.4) is 0 Å². The molecule has 0 bridgehead atoms. The number of halogens is 1. The van der Waals surface area contributed by atoms with E-state index in [1.807, 2.05) is 13.8 Å². The summed E-state index contributed by atoms with van der Waals surface area (Å²) in [7, 11) is 0. The molecule has 112 valence electrons. The van der Waals surface area contributed by atoms with Gasteiger partial charge in [0, 0.05) is 5.69 Å². The van der Waals surface area contributed by atoms with E-state index in [4.69, 9.17) is 26.8 Å². The molecule has 0 aromatic heterocycles. The number of carbonyl (C=O) groups excluding carboxylic acids is 1. The monoisotopic (exact) mass is 300 g/mol. The molecule has 0 radical (unpaired) electrons. The van der Waals surface area contributed by atoms with E-state index >= 15 is 0 Å². The van der Waals surface area contributed by atoms with Crippen molar-refractivity contribution in [1.82, 2.24) is 0 Å². The topological polar surface area (TPSA) is 73.6 Å². The molecule has 0 saturated carbocycles. The first-order chi connectivity index (χ1) is 9.40. The molecule has 1 rings (SSSR count). The third-order valence-electron chi connectivity index (χ3n) is 2.54. The molecule has 0 fully saturated rings. The summed E-state index contributed by atoms with van der Waals surface area (Å²) in [5.74, 6) is -0.240. The number of amides is 1. The van der Waals surface area contributed by atoms with Crippen LogP contribution in [0.1, 0.15) is 20.8 Å². The normalized spacial score (nSPS) is 12.4. The van der Waals surface area contributed by atoms with Gasteiger partial charge in [0.05, 0.1) is 30.0 Å². The molecule has 0 aliphatic carbocycles. The van der Waals surface area contributed by atoms with Gasteiger partial charge in [-0.1, -0.05) is 11.6 Å². The number of carbonyl (C=O) groups is 1. The van der Waals surface area contributed by atoms with Crippen molar-refractivity contribution in [3.8, 4) is 0 Å². The van der Waals surface area contributed by atoms with Gasteiger partial charge in [0.25, 0.3) is 5.91 Å². The fourth-order valence-corrected chi connectivity index (χ4v) is 1.57. The quantitative estimate of drug-likeness (QED) is 0.600. The smallest absolute Gasteiger partial charge is 0.253 e. The molecule has 0 aliphatic rings. The van der Waals surface area contributed by atoms with E-state index in [0.29, 0.717) is 29.6 Å². The molecule has 1 atom stereocenters. The lowest BCUT2D eigenvalue weighted by molar-refractivity contribution is -0.127. The highest BCUT2D eigenvalue weighted by Crippen LogP contribution is 2.22. The molecule has 0 aliphatic heterocycles. The number of nitrogen functional groups attached to an aromatic ring is 1. The highest BCUT2D eigenvalue weighted by Gasteiger charge is 2.13. The van der Waals surface area contributed by atoms with Gasteiger partial charge in [0.2, 0.25) is 0 Å². The van der Waals surface area contributed by atoms with Crippen LogP contribution >= 0.6 is 11.6 Å². The van der Waals surface area contributed by atoms with Gasteiger partial charge < -0.3 is 20.5 Å². The van der Waals surface area contributed by atoms with Crippen molar-refractivity contribution in [2.45, 2.75) is 33.0 Å². The van der Waals surface area contributed by atoms with Crippen LogP contribution in [0.4, 0.5) is 11.4 Å². The summed E-state index contributed by atoms with van der Waals surface area (Å²) in [6, 6.07) is 4.93. The Kier molecular flexibility index (Phi) is 6.78. The van der Waals surface area contributed by atoms with Crippen LogP contribution in [-0.4, -0.2) is 31.3 Å². The Morgan fingerprint density at radius 1 is 1.30 bits per heavy atom. The second-order valence-electron chi connectivity index (χ2n) is 4.66. The molecule has 20 heavy (non-hydrogen) atoms. The van der Waals surface area contributed by atoms with Gasteiger partial charge >= 0.3 is 0 Å². The molecule has 0 heterocycles. The van der Waals surface area contributed by atoms with Crippen LogP contribution in [-0.2, 0) is 14.3 Å². The Bertz CT molecular complexity index is 452. The molecule has 1 unspecified atom stereocenters. The number of benzene rings is 1. The molecule has 5 nitrogen and oxygen atoms in total. The van der Waals surface area contributed by atoms with Crippen LogP contribution in [0.2, 0.25) is 5.02 Å². The van der Waals surface area contributed by atoms with E-state index in [-0.39, 0.29) is 12.0 Å². The lowest BCUT2D eigenvalue weighted by Crippen LogP contribution is -2.29. The first-order valence-electron chi connectivity index (χ1n) is 6.49. The van der Waals surface area contributed by atoms with Crippen molar-refractivity contribution in [2.75, 3.05) is 24.3 Å². The zero-order valence-corrected chi connectivity index (χ0v) is 12.7. The van der Waals surface area contributed by atoms with E-state index < -0.39 is 6.10 Å². The zero-order valence-electron chi connectivity index (χ0n) is 12.0. The fourth-order valence-electron chi connectivity index (χ4n) is 1.45. The highest BCUT2D eigenvalue weighted by molar-refractivity contribution is 6.33. The second-order valence-corrected chi connectivity index (χ2v) is 5.07. The summed E-state index contributed by atoms with van der Waals surface area (Å²) in [4.78, 5) is 11.9. The van der Waals surface area contributed by atoms with Gasteiger partial charge in [-0.3, -0.25) is 4.79 Å². The summed E-state index contributed by atoms with van der Waals surface area (Å²) in [6.07, 6.45) is -0.414. The van der Waals surface area contributed by atoms with E-state index in [9.17, 15) is 4.79 Å². The minimum absolute atomic E-state index is 0.153. The van der Waals surface area contributed by atoms with Gasteiger partial charge in [0.15, 0.2) is 0 Å². The number of nitrogens with one attached hydrogen (secondary N) is 1. The van der Waals surface area contributed by atoms with Crippen molar-refractivity contribution in [2.24, 2.45) is 0 Å². The molecule has 0 saturated heterocycles. The number of hydrogen-bond donors (Lipinski definition) is 2. The SMILES string of the molecule is CC(C)OCCOC(C)C(=O)Nc1ccc(Cl)c(N)c1. The van der Waals surface area contributed by atoms with Crippen molar-refractivity contribution >= 4 is 28.9 Å². The fraction of sp³-hybridized carbons (Fsp3) is 0.500. The number of nitrogens with two attached hydrogens (primary N) is 1. The molecule has 1 amide bonds. The standard InChI is InChI=1S/C14H21ClN2O3/c1-9(2)19-6-7-20-10(3)14(18)17-11-4-5-12(15)13(16)8-11/h4-5,8-10H,6-7,16H2,1-3H3,(H,17,18). The summed E-state index contributed by atoms with van der Waals surface area (Å²) in [5, 5.41) is 3.17. The molecular formula is C14H21ClN2O3. The van der Waals surface area contributed by atoms with Gasteiger partial charge in [-0.15, -0.1) is 0 Å². The highest BCUT2D eigenvalue weighted by atomic mass is 35.5. The molecular weight excluding hydrogens is 280 g/mol. The van der Waals surface area contributed by atoms with E-state index in [0.717, 1.165) is 0 Å². The predicted molar refractivity (Wildman–Crippen MR) is 81.0 cm³/mol. The third kappa shape index (κ3) is 5.77. The summed E-state index contributed by atoms with van der Waals surface area (Å²) in [6.45, 7) is 6.41. The average Bonchev–Trinajstić information content (AvgIpc) is 2.38. The van der Waals surface area contributed by atoms with Crippen LogP contribution in [0.25, 0.3) is 0 Å². The predicted octanol–water partition coefficient (Wildman–Crippen LogP) is 2.69. The lowest BCUT2D eigenvalue weighted by atomic mass is 10.2. The second kappa shape index (κ2) is 8.09. The van der Waals surface area contributed by atoms with Crippen LogP contribution in [0, 0.1) is 0 Å². The summed E-state index contributed by atoms with van der Waals surface area (Å²) >= 11 is 5.81. The number of anilines is 2. The third-order valence-corrected chi connectivity index (χ3v) is 2.88. The Morgan fingerprint density at radius 2 is 1.95 bits per heavy atom.